The first-order valence-corrected chi connectivity index (χ1v) is 8.10. The van der Waals surface area contributed by atoms with E-state index in [2.05, 4.69) is 10.5 Å². The minimum absolute atomic E-state index is 0.000991. The monoisotopic (exact) mass is 403 g/mol. The standard InChI is InChI=1S/C19H12F3N3O4/c20-19(21,22)16-4-2-1-3-15(16)17-10-9-14(29-17)11-23-24-18(26)12-5-7-13(8-6-12)25(27)28/h1-11H,(H,24,26)/b23-11-. The highest BCUT2D eigenvalue weighted by Gasteiger charge is 2.34. The van der Waals surface area contributed by atoms with Gasteiger partial charge in [0.25, 0.3) is 11.6 Å². The van der Waals surface area contributed by atoms with Crippen LogP contribution in [0.1, 0.15) is 21.7 Å². The van der Waals surface area contributed by atoms with Gasteiger partial charge < -0.3 is 4.42 Å². The third-order valence-corrected chi connectivity index (χ3v) is 3.82. The van der Waals surface area contributed by atoms with Gasteiger partial charge in [-0.1, -0.05) is 18.2 Å². The highest BCUT2D eigenvalue weighted by atomic mass is 19.4. The second kappa shape index (κ2) is 7.97. The van der Waals surface area contributed by atoms with E-state index in [-0.39, 0.29) is 28.3 Å². The number of hydrogen-bond donors (Lipinski definition) is 1. The summed E-state index contributed by atoms with van der Waals surface area (Å²) in [5, 5.41) is 14.3. The number of hydrazone groups is 1. The molecule has 1 heterocycles. The van der Waals surface area contributed by atoms with Crippen molar-refractivity contribution in [3.8, 4) is 11.3 Å². The normalized spacial score (nSPS) is 11.6. The molecular formula is C19H12F3N3O4. The van der Waals surface area contributed by atoms with Crippen molar-refractivity contribution in [1.82, 2.24) is 5.43 Å². The lowest BCUT2D eigenvalue weighted by Gasteiger charge is -2.10. The Balaban J connectivity index is 1.70. The molecule has 7 nitrogen and oxygen atoms in total. The molecule has 3 aromatic rings. The molecule has 10 heteroatoms. The van der Waals surface area contributed by atoms with Gasteiger partial charge in [0.2, 0.25) is 0 Å². The van der Waals surface area contributed by atoms with Gasteiger partial charge in [-0.3, -0.25) is 14.9 Å². The van der Waals surface area contributed by atoms with Crippen molar-refractivity contribution >= 4 is 17.8 Å². The lowest BCUT2D eigenvalue weighted by molar-refractivity contribution is -0.384. The third kappa shape index (κ3) is 4.67. The third-order valence-electron chi connectivity index (χ3n) is 3.82. The molecule has 0 radical (unpaired) electrons. The summed E-state index contributed by atoms with van der Waals surface area (Å²) in [7, 11) is 0. The zero-order valence-corrected chi connectivity index (χ0v) is 14.5. The number of carbonyl (C=O) groups excluding carboxylic acids is 1. The fraction of sp³-hybridized carbons (Fsp3) is 0.0526. The zero-order valence-electron chi connectivity index (χ0n) is 14.5. The number of halogens is 3. The van der Waals surface area contributed by atoms with Crippen LogP contribution in [0.4, 0.5) is 18.9 Å². The van der Waals surface area contributed by atoms with E-state index in [1.165, 1.54) is 54.6 Å². The molecule has 1 N–H and O–H groups in total. The number of amides is 1. The zero-order chi connectivity index (χ0) is 21.0. The van der Waals surface area contributed by atoms with E-state index in [4.69, 9.17) is 4.42 Å². The molecule has 0 saturated heterocycles. The Hall–Kier alpha value is -3.95. The number of furan rings is 1. The molecule has 2 aromatic carbocycles. The van der Waals surface area contributed by atoms with E-state index < -0.39 is 22.6 Å². The van der Waals surface area contributed by atoms with E-state index in [9.17, 15) is 28.1 Å². The van der Waals surface area contributed by atoms with Crippen molar-refractivity contribution in [3.63, 3.8) is 0 Å². The van der Waals surface area contributed by atoms with Gasteiger partial charge in [0.15, 0.2) is 0 Å². The Morgan fingerprint density at radius 3 is 2.41 bits per heavy atom. The van der Waals surface area contributed by atoms with Crippen LogP contribution < -0.4 is 5.43 Å². The van der Waals surface area contributed by atoms with Crippen molar-refractivity contribution in [2.75, 3.05) is 0 Å². The molecule has 1 aromatic heterocycles. The van der Waals surface area contributed by atoms with Gasteiger partial charge in [-0.2, -0.15) is 18.3 Å². The lowest BCUT2D eigenvalue weighted by Crippen LogP contribution is -2.17. The van der Waals surface area contributed by atoms with Crippen molar-refractivity contribution in [1.29, 1.82) is 0 Å². The summed E-state index contributed by atoms with van der Waals surface area (Å²) in [5.41, 5.74) is 1.24. The van der Waals surface area contributed by atoms with Crippen LogP contribution >= 0.6 is 0 Å². The maximum atomic E-state index is 13.1. The van der Waals surface area contributed by atoms with Gasteiger partial charge in [0.05, 0.1) is 16.7 Å². The van der Waals surface area contributed by atoms with Gasteiger partial charge in [0.1, 0.15) is 11.5 Å². The molecule has 0 aliphatic carbocycles. The quantitative estimate of drug-likeness (QED) is 0.381. The summed E-state index contributed by atoms with van der Waals surface area (Å²) < 4.78 is 44.7. The number of alkyl halides is 3. The number of hydrogen-bond acceptors (Lipinski definition) is 5. The Bertz CT molecular complexity index is 1070. The van der Waals surface area contributed by atoms with Gasteiger partial charge in [-0.05, 0) is 30.3 Å². The Morgan fingerprint density at radius 2 is 1.76 bits per heavy atom. The van der Waals surface area contributed by atoms with Crippen molar-refractivity contribution in [2.24, 2.45) is 5.10 Å². The van der Waals surface area contributed by atoms with E-state index in [0.29, 0.717) is 0 Å². The molecular weight excluding hydrogens is 391 g/mol. The first-order valence-electron chi connectivity index (χ1n) is 8.10. The average molecular weight is 403 g/mol. The molecule has 0 saturated carbocycles. The molecule has 29 heavy (non-hydrogen) atoms. The van der Waals surface area contributed by atoms with E-state index >= 15 is 0 Å². The van der Waals surface area contributed by atoms with Crippen LogP contribution in [0, 0.1) is 10.1 Å². The Labute approximate surface area is 161 Å². The van der Waals surface area contributed by atoms with Crippen LogP contribution in [0.5, 0.6) is 0 Å². The van der Waals surface area contributed by atoms with Gasteiger partial charge in [0, 0.05) is 23.3 Å². The van der Waals surface area contributed by atoms with Gasteiger partial charge in [-0.25, -0.2) is 5.43 Å². The molecule has 148 valence electrons. The number of nitro benzene ring substituents is 1. The summed E-state index contributed by atoms with van der Waals surface area (Å²) in [6, 6.07) is 12.6. The SMILES string of the molecule is O=C(N/N=C\c1ccc(-c2ccccc2C(F)(F)F)o1)c1ccc([N+](=O)[O-])cc1. The highest BCUT2D eigenvalue weighted by Crippen LogP contribution is 2.37. The summed E-state index contributed by atoms with van der Waals surface area (Å²) in [6.45, 7) is 0. The predicted octanol–water partition coefficient (Wildman–Crippen LogP) is 4.64. The Morgan fingerprint density at radius 1 is 1.07 bits per heavy atom. The molecule has 0 spiro atoms. The van der Waals surface area contributed by atoms with Crippen LogP contribution in [0.15, 0.2) is 70.2 Å². The minimum Gasteiger partial charge on any atom is -0.455 e. The molecule has 0 unspecified atom stereocenters. The molecule has 0 bridgehead atoms. The number of nitrogens with zero attached hydrogens (tertiary/aromatic N) is 2. The molecule has 0 aliphatic rings. The lowest BCUT2D eigenvalue weighted by atomic mass is 10.1. The maximum Gasteiger partial charge on any atom is 0.417 e. The van der Waals surface area contributed by atoms with Crippen LogP contribution in [-0.4, -0.2) is 17.0 Å². The number of rotatable bonds is 5. The molecule has 1 amide bonds. The van der Waals surface area contributed by atoms with E-state index in [1.807, 2.05) is 0 Å². The van der Waals surface area contributed by atoms with Crippen LogP contribution in [0.25, 0.3) is 11.3 Å². The number of carbonyl (C=O) groups is 1. The molecule has 0 aliphatic heterocycles. The fourth-order valence-electron chi connectivity index (χ4n) is 2.47. The second-order valence-corrected chi connectivity index (χ2v) is 5.75. The molecule has 0 fully saturated rings. The number of benzene rings is 2. The van der Waals surface area contributed by atoms with Crippen molar-refractivity contribution < 1.29 is 27.3 Å². The van der Waals surface area contributed by atoms with Crippen LogP contribution in [0.2, 0.25) is 0 Å². The van der Waals surface area contributed by atoms with Crippen molar-refractivity contribution in [3.05, 3.63) is 87.7 Å². The number of non-ortho nitro benzene ring substituents is 1. The smallest absolute Gasteiger partial charge is 0.417 e. The first-order chi connectivity index (χ1) is 13.8. The highest BCUT2D eigenvalue weighted by molar-refractivity contribution is 5.94. The molecule has 3 rings (SSSR count). The first kappa shape index (κ1) is 19.8. The average Bonchev–Trinajstić information content (AvgIpc) is 3.16. The summed E-state index contributed by atoms with van der Waals surface area (Å²) in [4.78, 5) is 22.0. The molecule has 0 atom stereocenters. The van der Waals surface area contributed by atoms with Crippen molar-refractivity contribution in [2.45, 2.75) is 6.18 Å². The van der Waals surface area contributed by atoms with Crippen LogP contribution in [-0.2, 0) is 6.18 Å². The van der Waals surface area contributed by atoms with Crippen LogP contribution in [0.3, 0.4) is 0 Å². The maximum absolute atomic E-state index is 13.1. The summed E-state index contributed by atoms with van der Waals surface area (Å²) in [6.07, 6.45) is -3.40. The minimum atomic E-state index is -4.53. The van der Waals surface area contributed by atoms with E-state index in [0.717, 1.165) is 12.3 Å². The number of nitrogens with one attached hydrogen (secondary N) is 1. The number of nitro groups is 1. The van der Waals surface area contributed by atoms with E-state index in [1.54, 1.807) is 0 Å². The summed E-state index contributed by atoms with van der Waals surface area (Å²) in [5.74, 6) is -0.493. The topological polar surface area (TPSA) is 97.7 Å². The second-order valence-electron chi connectivity index (χ2n) is 5.75. The fourth-order valence-corrected chi connectivity index (χ4v) is 2.47. The predicted molar refractivity (Wildman–Crippen MR) is 97.3 cm³/mol. The van der Waals surface area contributed by atoms with Gasteiger partial charge in [-0.15, -0.1) is 0 Å². The van der Waals surface area contributed by atoms with Gasteiger partial charge >= 0.3 is 6.18 Å². The Kier molecular flexibility index (Phi) is 5.44. The largest absolute Gasteiger partial charge is 0.455 e. The summed E-state index contributed by atoms with van der Waals surface area (Å²) >= 11 is 0.